The molecule has 2 N–H and O–H groups in total. The van der Waals surface area contributed by atoms with Crippen molar-refractivity contribution < 1.29 is 24.1 Å². The van der Waals surface area contributed by atoms with Crippen LogP contribution >= 0.6 is 0 Å². The first-order valence-electron chi connectivity index (χ1n) is 15.6. The van der Waals surface area contributed by atoms with Crippen molar-refractivity contribution in [3.05, 3.63) is 141 Å². The van der Waals surface area contributed by atoms with Crippen molar-refractivity contribution in [2.75, 3.05) is 26.9 Å². The third kappa shape index (κ3) is 8.10. The number of amides is 1. The lowest BCUT2D eigenvalue weighted by molar-refractivity contribution is -0.128. The summed E-state index contributed by atoms with van der Waals surface area (Å²) in [6, 6.07) is 30.6. The van der Waals surface area contributed by atoms with Gasteiger partial charge in [-0.25, -0.2) is 4.99 Å². The number of benzene rings is 4. The van der Waals surface area contributed by atoms with Gasteiger partial charge in [-0.15, -0.1) is 0 Å². The number of carbonyl (C=O) groups excluding carboxylic acids is 1. The number of nitrogens with zero attached hydrogens (tertiary/aromatic N) is 4. The Balaban J connectivity index is 1.57. The van der Waals surface area contributed by atoms with Gasteiger partial charge in [0.15, 0.2) is 11.6 Å². The van der Waals surface area contributed by atoms with E-state index in [9.17, 15) is 4.79 Å². The second-order valence-electron chi connectivity index (χ2n) is 11.4. The molecule has 0 radical (unpaired) electrons. The number of hydrogen-bond donors (Lipinski definition) is 2. The van der Waals surface area contributed by atoms with Gasteiger partial charge in [0.2, 0.25) is 5.90 Å². The molecule has 10 heteroatoms. The predicted octanol–water partition coefficient (Wildman–Crippen LogP) is 6.43. The van der Waals surface area contributed by atoms with Gasteiger partial charge >= 0.3 is 0 Å². The molecule has 0 unspecified atom stereocenters. The third-order valence-corrected chi connectivity index (χ3v) is 8.13. The standard InChI is InChI=1S/C37H39N5O5/c1-26-11-13-27(14-12-26)19-20-39-36(44)37(24-30-7-3-4-8-31(30)25-40-42-38)34(29-9-5-10-33(23-29)45-2)47-35(41-37)28-15-17-32(18-16-28)46-22-6-21-43/h3-5,7-18,23,34,43H,6,19-22,24-25H2,1-2H3,(H,39,44)/t34-,37-/m1/s1. The maximum Gasteiger partial charge on any atom is 0.252 e. The number of rotatable bonds is 15. The fourth-order valence-electron chi connectivity index (χ4n) is 5.60. The molecule has 47 heavy (non-hydrogen) atoms. The summed E-state index contributed by atoms with van der Waals surface area (Å²) in [6.45, 7) is 3.03. The number of aryl methyl sites for hydroxylation is 1. The molecule has 0 saturated heterocycles. The van der Waals surface area contributed by atoms with Gasteiger partial charge in [-0.2, -0.15) is 0 Å². The van der Waals surface area contributed by atoms with Crippen molar-refractivity contribution in [2.45, 2.75) is 44.4 Å². The second-order valence-corrected chi connectivity index (χ2v) is 11.4. The smallest absolute Gasteiger partial charge is 0.252 e. The van der Waals surface area contributed by atoms with E-state index in [0.29, 0.717) is 49.0 Å². The summed E-state index contributed by atoms with van der Waals surface area (Å²) in [5.41, 5.74) is 13.0. The van der Waals surface area contributed by atoms with Crippen molar-refractivity contribution >= 4 is 11.8 Å². The first-order chi connectivity index (χ1) is 23.0. The fraction of sp³-hybridized carbons (Fsp3) is 0.297. The van der Waals surface area contributed by atoms with Gasteiger partial charge in [-0.1, -0.05) is 71.3 Å². The van der Waals surface area contributed by atoms with Crippen molar-refractivity contribution in [1.82, 2.24) is 5.32 Å². The lowest BCUT2D eigenvalue weighted by Gasteiger charge is -2.31. The molecule has 5 rings (SSSR count). The molecule has 0 saturated carbocycles. The van der Waals surface area contributed by atoms with Crippen molar-refractivity contribution in [1.29, 1.82) is 0 Å². The van der Waals surface area contributed by atoms with Crippen molar-refractivity contribution in [3.8, 4) is 11.5 Å². The number of azide groups is 1. The van der Waals surface area contributed by atoms with Gasteiger partial charge in [-0.3, -0.25) is 4.79 Å². The Hall–Kier alpha value is -5.31. The molecule has 0 spiro atoms. The molecule has 1 aliphatic rings. The normalized spacial score (nSPS) is 16.8. The average Bonchev–Trinajstić information content (AvgIpc) is 3.49. The number of hydrogen-bond acceptors (Lipinski definition) is 7. The molecule has 4 aromatic carbocycles. The number of methoxy groups -OCH3 is 1. The maximum atomic E-state index is 14.6. The highest BCUT2D eigenvalue weighted by Crippen LogP contribution is 2.43. The summed E-state index contributed by atoms with van der Waals surface area (Å²) in [4.78, 5) is 22.7. The number of ether oxygens (including phenoxy) is 3. The van der Waals surface area contributed by atoms with Crippen LogP contribution in [0.5, 0.6) is 11.5 Å². The summed E-state index contributed by atoms with van der Waals surface area (Å²) in [7, 11) is 1.59. The molecule has 10 nitrogen and oxygen atoms in total. The van der Waals surface area contributed by atoms with E-state index >= 15 is 0 Å². The first kappa shape index (κ1) is 33.1. The highest BCUT2D eigenvalue weighted by atomic mass is 16.5. The summed E-state index contributed by atoms with van der Waals surface area (Å²) < 4.78 is 17.9. The number of carbonyl (C=O) groups is 1. The van der Waals surface area contributed by atoms with Crippen LogP contribution in [0.4, 0.5) is 0 Å². The number of aliphatic imine (C=N–C) groups is 1. The zero-order chi connectivity index (χ0) is 33.1. The van der Waals surface area contributed by atoms with Gasteiger partial charge < -0.3 is 24.6 Å². The summed E-state index contributed by atoms with van der Waals surface area (Å²) in [5, 5.41) is 16.1. The molecule has 4 aromatic rings. The Morgan fingerprint density at radius 2 is 1.79 bits per heavy atom. The minimum absolute atomic E-state index is 0.0511. The van der Waals surface area contributed by atoms with E-state index in [2.05, 4.69) is 39.6 Å². The van der Waals surface area contributed by atoms with Gasteiger partial charge in [0, 0.05) is 36.5 Å². The Morgan fingerprint density at radius 1 is 1.02 bits per heavy atom. The van der Waals surface area contributed by atoms with Crippen molar-refractivity contribution in [3.63, 3.8) is 0 Å². The van der Waals surface area contributed by atoms with Crippen LogP contribution in [0.25, 0.3) is 10.4 Å². The minimum Gasteiger partial charge on any atom is -0.497 e. The SMILES string of the molecule is COc1cccc([C@H]2OC(c3ccc(OCCCO)cc3)=N[C@@]2(Cc2ccccc2CN=[N+]=[N-])C(=O)NCCc2ccc(C)cc2)c1. The van der Waals surface area contributed by atoms with Crippen LogP contribution in [0.15, 0.2) is 107 Å². The van der Waals surface area contributed by atoms with Crippen LogP contribution < -0.4 is 14.8 Å². The first-order valence-corrected chi connectivity index (χ1v) is 15.6. The van der Waals surface area contributed by atoms with E-state index < -0.39 is 11.6 Å². The number of nitrogens with one attached hydrogen (secondary N) is 1. The summed E-state index contributed by atoms with van der Waals surface area (Å²) in [5.74, 6) is 1.31. The molecule has 1 aliphatic heterocycles. The van der Waals surface area contributed by atoms with Crippen LogP contribution in [0.1, 0.15) is 45.9 Å². The lowest BCUT2D eigenvalue weighted by atomic mass is 9.80. The molecule has 0 aliphatic carbocycles. The van der Waals surface area contributed by atoms with Crippen LogP contribution in [0.3, 0.4) is 0 Å². The monoisotopic (exact) mass is 633 g/mol. The van der Waals surface area contributed by atoms with Crippen LogP contribution in [-0.4, -0.2) is 49.3 Å². The highest BCUT2D eigenvalue weighted by Gasteiger charge is 2.53. The topological polar surface area (TPSA) is 138 Å². The molecular formula is C37H39N5O5. The van der Waals surface area contributed by atoms with E-state index in [1.54, 1.807) is 7.11 Å². The van der Waals surface area contributed by atoms with E-state index in [-0.39, 0.29) is 25.5 Å². The molecule has 2 atom stereocenters. The van der Waals surface area contributed by atoms with Crippen molar-refractivity contribution in [2.24, 2.45) is 10.1 Å². The van der Waals surface area contributed by atoms with Gasteiger partial charge in [0.1, 0.15) is 11.5 Å². The second kappa shape index (κ2) is 15.8. The zero-order valence-electron chi connectivity index (χ0n) is 26.6. The summed E-state index contributed by atoms with van der Waals surface area (Å²) >= 11 is 0. The predicted molar refractivity (Wildman–Crippen MR) is 181 cm³/mol. The largest absolute Gasteiger partial charge is 0.497 e. The molecular weight excluding hydrogens is 594 g/mol. The molecule has 0 bridgehead atoms. The Kier molecular flexibility index (Phi) is 11.1. The van der Waals surface area contributed by atoms with Gasteiger partial charge in [0.25, 0.3) is 5.91 Å². The van der Waals surface area contributed by atoms with E-state index in [1.165, 1.54) is 5.56 Å². The van der Waals surface area contributed by atoms with Gasteiger partial charge in [0.05, 0.1) is 20.3 Å². The zero-order valence-corrected chi connectivity index (χ0v) is 26.6. The van der Waals surface area contributed by atoms with Crippen LogP contribution in [0.2, 0.25) is 0 Å². The van der Waals surface area contributed by atoms with Crippen LogP contribution in [-0.2, 0) is 28.9 Å². The van der Waals surface area contributed by atoms with E-state index in [4.69, 9.17) is 29.8 Å². The highest BCUT2D eigenvalue weighted by molar-refractivity contribution is 6.01. The Bertz CT molecular complexity index is 1740. The molecule has 0 fully saturated rings. The van der Waals surface area contributed by atoms with Crippen LogP contribution in [0, 0.1) is 6.92 Å². The molecule has 0 aromatic heterocycles. The number of aliphatic hydroxyl groups is 1. The molecule has 1 amide bonds. The van der Waals surface area contributed by atoms with Gasteiger partial charge in [-0.05, 0) is 77.5 Å². The number of aliphatic hydroxyl groups excluding tert-OH is 1. The summed E-state index contributed by atoms with van der Waals surface area (Å²) in [6.07, 6.45) is 0.561. The average molecular weight is 634 g/mol. The quantitative estimate of drug-likeness (QED) is 0.0672. The molecule has 1 heterocycles. The fourth-order valence-corrected chi connectivity index (χ4v) is 5.60. The van der Waals surface area contributed by atoms with E-state index in [0.717, 1.165) is 22.3 Å². The minimum atomic E-state index is -1.42. The lowest BCUT2D eigenvalue weighted by Crippen LogP contribution is -2.50. The molecule has 242 valence electrons. The Labute approximate surface area is 274 Å². The third-order valence-electron chi connectivity index (χ3n) is 8.13. The Morgan fingerprint density at radius 3 is 2.51 bits per heavy atom. The van der Waals surface area contributed by atoms with E-state index in [1.807, 2.05) is 79.7 Å². The maximum absolute atomic E-state index is 14.6.